The molecule has 2 nitrogen and oxygen atoms in total. The van der Waals surface area contributed by atoms with E-state index in [1.807, 2.05) is 0 Å². The van der Waals surface area contributed by atoms with Crippen molar-refractivity contribution in [3.8, 4) is 10.6 Å². The van der Waals surface area contributed by atoms with E-state index in [2.05, 4.69) is 22.6 Å². The van der Waals surface area contributed by atoms with Crippen LogP contribution in [0.1, 0.15) is 22.7 Å². The van der Waals surface area contributed by atoms with Gasteiger partial charge < -0.3 is 0 Å². The van der Waals surface area contributed by atoms with Gasteiger partial charge >= 0.3 is 6.18 Å². The first-order valence-corrected chi connectivity index (χ1v) is 6.91. The first-order valence-electron chi connectivity index (χ1n) is 5.58. The zero-order valence-corrected chi connectivity index (χ0v) is 11.7. The normalized spacial score (nSPS) is 13.5. The maximum Gasteiger partial charge on any atom is 0.405 e. The summed E-state index contributed by atoms with van der Waals surface area (Å²) in [5.74, 6) is 0. The smallest absolute Gasteiger partial charge is 0.264 e. The molecular weight excluding hydrogens is 293 g/mol. The van der Waals surface area contributed by atoms with E-state index in [1.165, 1.54) is 0 Å². The van der Waals surface area contributed by atoms with Gasteiger partial charge in [-0.25, -0.2) is 4.98 Å². The summed E-state index contributed by atoms with van der Waals surface area (Å²) < 4.78 is 38.3. The fraction of sp³-hybridized carbons (Fsp3) is 0.333. The molecule has 0 fully saturated rings. The van der Waals surface area contributed by atoms with E-state index in [1.54, 1.807) is 31.5 Å². The minimum atomic E-state index is -4.37. The molecule has 0 spiro atoms. The quantitative estimate of drug-likeness (QED) is 0.855. The van der Waals surface area contributed by atoms with Crippen molar-refractivity contribution in [3.05, 3.63) is 35.1 Å². The molecule has 7 heteroatoms. The molecule has 0 aliphatic heterocycles. The molecule has 0 aromatic carbocycles. The molecule has 0 saturated heterocycles. The fourth-order valence-corrected chi connectivity index (χ4v) is 3.05. The van der Waals surface area contributed by atoms with Crippen molar-refractivity contribution in [3.63, 3.8) is 0 Å². The Labute approximate surface area is 118 Å². The Bertz CT molecular complexity index is 552. The Morgan fingerprint density at radius 1 is 1.42 bits per heavy atom. The number of nitrogens with zero attached hydrogens (tertiary/aromatic N) is 2. The van der Waals surface area contributed by atoms with Crippen molar-refractivity contribution in [1.29, 1.82) is 0 Å². The SMILES string of the molecule is CCc1nc(-c2cccnc2)sc1C(S)C(F)(F)F. The number of hydrogen-bond acceptors (Lipinski definition) is 4. The second-order valence-corrected chi connectivity index (χ2v) is 5.42. The summed E-state index contributed by atoms with van der Waals surface area (Å²) in [7, 11) is 0. The first kappa shape index (κ1) is 14.3. The second-order valence-electron chi connectivity index (χ2n) is 3.87. The molecule has 1 unspecified atom stereocenters. The molecule has 2 aromatic heterocycles. The van der Waals surface area contributed by atoms with E-state index in [-0.39, 0.29) is 4.88 Å². The van der Waals surface area contributed by atoms with Crippen molar-refractivity contribution in [1.82, 2.24) is 9.97 Å². The lowest BCUT2D eigenvalue weighted by Crippen LogP contribution is -2.15. The van der Waals surface area contributed by atoms with Gasteiger partial charge in [-0.05, 0) is 18.6 Å². The van der Waals surface area contributed by atoms with E-state index >= 15 is 0 Å². The predicted molar refractivity (Wildman–Crippen MR) is 72.5 cm³/mol. The standard InChI is InChI=1S/C12H11F3N2S2/c1-2-8-9(10(18)12(13,14)15)19-11(17-8)7-4-3-5-16-6-7/h3-6,10,18H,2H2,1H3. The van der Waals surface area contributed by atoms with Gasteiger partial charge in [0, 0.05) is 18.0 Å². The minimum Gasteiger partial charge on any atom is -0.264 e. The van der Waals surface area contributed by atoms with Crippen LogP contribution in [0.15, 0.2) is 24.5 Å². The molecule has 0 saturated carbocycles. The molecule has 2 aromatic rings. The van der Waals surface area contributed by atoms with E-state index in [9.17, 15) is 13.2 Å². The number of alkyl halides is 3. The third kappa shape index (κ3) is 3.09. The summed E-state index contributed by atoms with van der Waals surface area (Å²) in [5.41, 5.74) is 1.16. The number of aryl methyl sites for hydroxylation is 1. The molecule has 102 valence electrons. The van der Waals surface area contributed by atoms with Crippen LogP contribution >= 0.6 is 24.0 Å². The summed E-state index contributed by atoms with van der Waals surface area (Å²) in [6.45, 7) is 1.78. The van der Waals surface area contributed by atoms with Crippen LogP contribution in [0.5, 0.6) is 0 Å². The Morgan fingerprint density at radius 3 is 2.68 bits per heavy atom. The van der Waals surface area contributed by atoms with Gasteiger partial charge in [-0.2, -0.15) is 25.8 Å². The molecule has 2 heterocycles. The first-order chi connectivity index (χ1) is 8.93. The highest BCUT2D eigenvalue weighted by atomic mass is 32.1. The zero-order chi connectivity index (χ0) is 14.0. The largest absolute Gasteiger partial charge is 0.405 e. The van der Waals surface area contributed by atoms with Gasteiger partial charge in [0.2, 0.25) is 0 Å². The maximum atomic E-state index is 12.8. The van der Waals surface area contributed by atoms with Crippen LogP contribution in [0.3, 0.4) is 0 Å². The van der Waals surface area contributed by atoms with Gasteiger partial charge in [0.1, 0.15) is 10.3 Å². The van der Waals surface area contributed by atoms with Crippen molar-refractivity contribution in [2.24, 2.45) is 0 Å². The lowest BCUT2D eigenvalue weighted by atomic mass is 10.2. The van der Waals surface area contributed by atoms with Crippen LogP contribution in [0.25, 0.3) is 10.6 Å². The van der Waals surface area contributed by atoms with Crippen LogP contribution in [0.4, 0.5) is 13.2 Å². The Morgan fingerprint density at radius 2 is 2.16 bits per heavy atom. The molecule has 0 bridgehead atoms. The fourth-order valence-electron chi connectivity index (χ4n) is 1.59. The van der Waals surface area contributed by atoms with Crippen molar-refractivity contribution < 1.29 is 13.2 Å². The van der Waals surface area contributed by atoms with Gasteiger partial charge in [0.25, 0.3) is 0 Å². The summed E-state index contributed by atoms with van der Waals surface area (Å²) in [4.78, 5) is 8.37. The highest BCUT2D eigenvalue weighted by molar-refractivity contribution is 7.80. The van der Waals surface area contributed by atoms with Crippen molar-refractivity contribution >= 4 is 24.0 Å². The van der Waals surface area contributed by atoms with Crippen molar-refractivity contribution in [2.45, 2.75) is 24.8 Å². The van der Waals surface area contributed by atoms with Crippen LogP contribution in [0.2, 0.25) is 0 Å². The highest BCUT2D eigenvalue weighted by Crippen LogP contribution is 2.43. The summed E-state index contributed by atoms with van der Waals surface area (Å²) >= 11 is 4.70. The van der Waals surface area contributed by atoms with Gasteiger partial charge in [-0.3, -0.25) is 4.98 Å². The third-order valence-electron chi connectivity index (χ3n) is 2.53. The average molecular weight is 304 g/mol. The van der Waals surface area contributed by atoms with Crippen LogP contribution < -0.4 is 0 Å². The topological polar surface area (TPSA) is 25.8 Å². The third-order valence-corrected chi connectivity index (χ3v) is 4.47. The molecular formula is C12H11F3N2S2. The summed E-state index contributed by atoms with van der Waals surface area (Å²) in [5, 5.41) is -1.24. The molecule has 0 aliphatic carbocycles. The highest BCUT2D eigenvalue weighted by Gasteiger charge is 2.40. The van der Waals surface area contributed by atoms with E-state index in [4.69, 9.17) is 0 Å². The second kappa shape index (κ2) is 5.50. The number of hydrogen-bond donors (Lipinski definition) is 1. The monoisotopic (exact) mass is 304 g/mol. The average Bonchev–Trinajstić information content (AvgIpc) is 2.81. The summed E-state index contributed by atoms with van der Waals surface area (Å²) in [6, 6.07) is 3.50. The molecule has 2 rings (SSSR count). The van der Waals surface area contributed by atoms with E-state index < -0.39 is 11.4 Å². The predicted octanol–water partition coefficient (Wildman–Crippen LogP) is 4.30. The molecule has 0 aliphatic rings. The molecule has 0 radical (unpaired) electrons. The molecule has 1 atom stereocenters. The number of halogens is 3. The Balaban J connectivity index is 2.44. The lowest BCUT2D eigenvalue weighted by Gasteiger charge is -2.13. The van der Waals surface area contributed by atoms with Crippen LogP contribution in [-0.2, 0) is 6.42 Å². The minimum absolute atomic E-state index is 0.164. The van der Waals surface area contributed by atoms with Gasteiger partial charge in [0.15, 0.2) is 0 Å². The van der Waals surface area contributed by atoms with E-state index in [0.717, 1.165) is 16.9 Å². The number of thiol groups is 1. The number of rotatable bonds is 3. The number of thiazole rings is 1. The number of pyridine rings is 1. The maximum absolute atomic E-state index is 12.8. The van der Waals surface area contributed by atoms with Gasteiger partial charge in [-0.15, -0.1) is 11.3 Å². The van der Waals surface area contributed by atoms with Gasteiger partial charge in [0.05, 0.1) is 10.6 Å². The van der Waals surface area contributed by atoms with Crippen molar-refractivity contribution in [2.75, 3.05) is 0 Å². The van der Waals surface area contributed by atoms with Gasteiger partial charge in [-0.1, -0.05) is 6.92 Å². The Hall–Kier alpha value is -1.08. The van der Waals surface area contributed by atoms with Crippen LogP contribution in [-0.4, -0.2) is 16.1 Å². The Kier molecular flexibility index (Phi) is 4.15. The molecule has 0 amide bonds. The lowest BCUT2D eigenvalue weighted by molar-refractivity contribution is -0.128. The van der Waals surface area contributed by atoms with Crippen LogP contribution in [0, 0.1) is 0 Å². The number of aromatic nitrogens is 2. The molecule has 0 N–H and O–H groups in total. The zero-order valence-electron chi connectivity index (χ0n) is 9.98. The molecule has 19 heavy (non-hydrogen) atoms. The summed E-state index contributed by atoms with van der Waals surface area (Å²) in [6.07, 6.45) is -0.732. The van der Waals surface area contributed by atoms with E-state index in [0.29, 0.717) is 17.1 Å².